The van der Waals surface area contributed by atoms with Crippen molar-refractivity contribution in [1.82, 2.24) is 15.2 Å². The summed E-state index contributed by atoms with van der Waals surface area (Å²) in [5, 5.41) is 8.27. The minimum atomic E-state index is -0.320. The highest BCUT2D eigenvalue weighted by Crippen LogP contribution is 2.40. The number of nitrogens with zero attached hydrogens (tertiary/aromatic N) is 3. The summed E-state index contributed by atoms with van der Waals surface area (Å²) in [7, 11) is 0. The van der Waals surface area contributed by atoms with Gasteiger partial charge in [0, 0.05) is 18.0 Å². The van der Waals surface area contributed by atoms with Crippen molar-refractivity contribution in [2.75, 3.05) is 0 Å². The number of halogens is 2. The number of thioether (sulfide) groups is 1. The molecular formula is C20H13F2N3OS. The Labute approximate surface area is 158 Å². The molecule has 0 saturated carbocycles. The van der Waals surface area contributed by atoms with Gasteiger partial charge in [0.25, 0.3) is 5.22 Å². The maximum absolute atomic E-state index is 13.3. The average Bonchev–Trinajstić information content (AvgIpc) is 3.17. The fourth-order valence-electron chi connectivity index (χ4n) is 2.57. The minimum absolute atomic E-state index is 0.253. The lowest BCUT2D eigenvalue weighted by molar-refractivity contribution is 0.465. The third kappa shape index (κ3) is 4.03. The van der Waals surface area contributed by atoms with E-state index in [2.05, 4.69) is 15.2 Å². The molecule has 4 nitrogen and oxygen atoms in total. The highest BCUT2D eigenvalue weighted by atomic mass is 32.2. The minimum Gasteiger partial charge on any atom is -0.411 e. The second kappa shape index (κ2) is 7.67. The van der Waals surface area contributed by atoms with Gasteiger partial charge in [-0.25, -0.2) is 8.78 Å². The summed E-state index contributed by atoms with van der Waals surface area (Å²) in [6.07, 6.45) is 3.29. The Bertz CT molecular complexity index is 976. The topological polar surface area (TPSA) is 51.8 Å². The van der Waals surface area contributed by atoms with E-state index in [-0.39, 0.29) is 16.9 Å². The van der Waals surface area contributed by atoms with Crippen molar-refractivity contribution in [3.8, 4) is 11.5 Å². The van der Waals surface area contributed by atoms with Gasteiger partial charge in [0.05, 0.1) is 5.25 Å². The van der Waals surface area contributed by atoms with E-state index in [1.165, 1.54) is 36.0 Å². The van der Waals surface area contributed by atoms with Crippen molar-refractivity contribution in [3.05, 3.63) is 95.8 Å². The van der Waals surface area contributed by atoms with Crippen molar-refractivity contribution in [3.63, 3.8) is 0 Å². The van der Waals surface area contributed by atoms with Crippen molar-refractivity contribution in [2.45, 2.75) is 10.5 Å². The van der Waals surface area contributed by atoms with Gasteiger partial charge in [-0.15, -0.1) is 10.2 Å². The second-order valence-corrected chi connectivity index (χ2v) is 6.77. The van der Waals surface area contributed by atoms with Crippen molar-refractivity contribution >= 4 is 11.8 Å². The van der Waals surface area contributed by atoms with Gasteiger partial charge in [0.15, 0.2) is 0 Å². The zero-order valence-corrected chi connectivity index (χ0v) is 14.7. The van der Waals surface area contributed by atoms with Crippen molar-refractivity contribution in [1.29, 1.82) is 0 Å². The molecule has 0 amide bonds. The van der Waals surface area contributed by atoms with Crippen LogP contribution in [0.1, 0.15) is 16.4 Å². The third-order valence-corrected chi connectivity index (χ3v) is 5.04. The molecule has 7 heteroatoms. The molecule has 2 heterocycles. The second-order valence-electron chi connectivity index (χ2n) is 5.71. The number of hydrogen-bond donors (Lipinski definition) is 0. The molecule has 4 rings (SSSR count). The Morgan fingerprint density at radius 3 is 1.85 bits per heavy atom. The standard InChI is InChI=1S/C20H13F2N3OS/c21-16-5-1-13(2-6-16)18(14-3-7-17(22)8-4-14)27-20-25-24-19(26-20)15-9-11-23-12-10-15/h1-12,18H. The molecule has 27 heavy (non-hydrogen) atoms. The van der Waals surface area contributed by atoms with E-state index in [0.29, 0.717) is 11.1 Å². The molecular weight excluding hydrogens is 368 g/mol. The van der Waals surface area contributed by atoms with Gasteiger partial charge in [0.1, 0.15) is 11.6 Å². The predicted molar refractivity (Wildman–Crippen MR) is 98.0 cm³/mol. The van der Waals surface area contributed by atoms with Gasteiger partial charge in [-0.3, -0.25) is 4.98 Å². The van der Waals surface area contributed by atoms with Crippen LogP contribution in [0.5, 0.6) is 0 Å². The molecule has 0 aliphatic rings. The maximum Gasteiger partial charge on any atom is 0.277 e. The van der Waals surface area contributed by atoms with Crippen LogP contribution in [0.2, 0.25) is 0 Å². The van der Waals surface area contributed by atoms with Crippen LogP contribution in [0.15, 0.2) is 82.7 Å². The molecule has 134 valence electrons. The summed E-state index contributed by atoms with van der Waals surface area (Å²) in [5.41, 5.74) is 2.46. The Hall–Kier alpha value is -3.06. The summed E-state index contributed by atoms with van der Waals surface area (Å²) >= 11 is 1.32. The molecule has 2 aromatic carbocycles. The lowest BCUT2D eigenvalue weighted by Crippen LogP contribution is -1.97. The summed E-state index contributed by atoms with van der Waals surface area (Å²) < 4.78 is 32.4. The molecule has 0 fully saturated rings. The summed E-state index contributed by atoms with van der Waals surface area (Å²) in [5.74, 6) is -0.254. The normalized spacial score (nSPS) is 11.1. The van der Waals surface area contributed by atoms with Crippen LogP contribution in [0, 0.1) is 11.6 Å². The average molecular weight is 381 g/mol. The Balaban J connectivity index is 1.66. The van der Waals surface area contributed by atoms with E-state index in [1.54, 1.807) is 48.8 Å². The molecule has 2 aromatic heterocycles. The lowest BCUT2D eigenvalue weighted by atomic mass is 10.0. The fraction of sp³-hybridized carbons (Fsp3) is 0.0500. The third-order valence-electron chi connectivity index (χ3n) is 3.90. The van der Waals surface area contributed by atoms with Gasteiger partial charge in [-0.05, 0) is 47.5 Å². The highest BCUT2D eigenvalue weighted by Gasteiger charge is 2.20. The molecule has 0 aliphatic carbocycles. The van der Waals surface area contributed by atoms with E-state index in [4.69, 9.17) is 4.42 Å². The van der Waals surface area contributed by atoms with Crippen molar-refractivity contribution < 1.29 is 13.2 Å². The van der Waals surface area contributed by atoms with Gasteiger partial charge in [-0.1, -0.05) is 36.0 Å². The van der Waals surface area contributed by atoms with Gasteiger partial charge in [-0.2, -0.15) is 0 Å². The number of aromatic nitrogens is 3. The summed E-state index contributed by atoms with van der Waals surface area (Å²) in [6, 6.07) is 15.9. The Morgan fingerprint density at radius 1 is 0.741 bits per heavy atom. The number of pyridine rings is 1. The van der Waals surface area contributed by atoms with Gasteiger partial charge >= 0.3 is 0 Å². The van der Waals surface area contributed by atoms with Crippen LogP contribution in [0.3, 0.4) is 0 Å². The van der Waals surface area contributed by atoms with Gasteiger partial charge in [0.2, 0.25) is 5.89 Å². The molecule has 0 spiro atoms. The van der Waals surface area contributed by atoms with Gasteiger partial charge < -0.3 is 4.42 Å². The molecule has 0 atom stereocenters. The molecule has 0 unspecified atom stereocenters. The van der Waals surface area contributed by atoms with Crippen LogP contribution in [0.4, 0.5) is 8.78 Å². The first-order valence-electron chi connectivity index (χ1n) is 8.10. The van der Waals surface area contributed by atoms with Crippen LogP contribution >= 0.6 is 11.8 Å². The molecule has 0 saturated heterocycles. The van der Waals surface area contributed by atoms with E-state index >= 15 is 0 Å². The number of hydrogen-bond acceptors (Lipinski definition) is 5. The smallest absolute Gasteiger partial charge is 0.277 e. The predicted octanol–water partition coefficient (Wildman–Crippen LogP) is 5.29. The Morgan fingerprint density at radius 2 is 1.30 bits per heavy atom. The first-order valence-corrected chi connectivity index (χ1v) is 8.98. The van der Waals surface area contributed by atoms with Crippen LogP contribution in [-0.4, -0.2) is 15.2 Å². The fourth-order valence-corrected chi connectivity index (χ4v) is 3.58. The zero-order valence-electron chi connectivity index (χ0n) is 13.9. The largest absolute Gasteiger partial charge is 0.411 e. The van der Waals surface area contributed by atoms with Crippen molar-refractivity contribution in [2.24, 2.45) is 0 Å². The lowest BCUT2D eigenvalue weighted by Gasteiger charge is -2.15. The van der Waals surface area contributed by atoms with E-state index < -0.39 is 0 Å². The molecule has 0 radical (unpaired) electrons. The quantitative estimate of drug-likeness (QED) is 0.440. The first kappa shape index (κ1) is 17.4. The maximum atomic E-state index is 13.3. The molecule has 0 aliphatic heterocycles. The van der Waals surface area contributed by atoms with E-state index in [9.17, 15) is 8.78 Å². The molecule has 0 bridgehead atoms. The summed E-state index contributed by atoms with van der Waals surface area (Å²) in [4.78, 5) is 3.96. The summed E-state index contributed by atoms with van der Waals surface area (Å²) in [6.45, 7) is 0. The number of benzene rings is 2. The highest BCUT2D eigenvalue weighted by molar-refractivity contribution is 7.99. The molecule has 4 aromatic rings. The van der Waals surface area contributed by atoms with Crippen LogP contribution < -0.4 is 0 Å². The van der Waals surface area contributed by atoms with Crippen LogP contribution in [0.25, 0.3) is 11.5 Å². The van der Waals surface area contributed by atoms with E-state index in [0.717, 1.165) is 16.7 Å². The van der Waals surface area contributed by atoms with E-state index in [1.807, 2.05) is 0 Å². The van der Waals surface area contributed by atoms with Crippen LogP contribution in [-0.2, 0) is 0 Å². The monoisotopic (exact) mass is 381 g/mol. The zero-order chi connectivity index (χ0) is 18.6. The number of rotatable bonds is 5. The molecule has 0 N–H and O–H groups in total. The SMILES string of the molecule is Fc1ccc(C(Sc2nnc(-c3ccncc3)o2)c2ccc(F)cc2)cc1. The Kier molecular flexibility index (Phi) is 4.93. The first-order chi connectivity index (χ1) is 13.2.